The second-order valence-electron chi connectivity index (χ2n) is 4.07. The van der Waals surface area contributed by atoms with Crippen molar-refractivity contribution < 1.29 is 17.5 Å². The SMILES string of the molecule is C=CCC(N)CC=C.C=CCC(N)CC=C.O=S(=O)(O)O. The molecule has 0 rings (SSSR count). The molecule has 0 heterocycles. The van der Waals surface area contributed by atoms with E-state index in [0.717, 1.165) is 25.7 Å². The average molecular weight is 320 g/mol. The van der Waals surface area contributed by atoms with Gasteiger partial charge in [-0.1, -0.05) is 24.3 Å². The van der Waals surface area contributed by atoms with E-state index in [2.05, 4.69) is 26.3 Å². The van der Waals surface area contributed by atoms with E-state index in [0.29, 0.717) is 0 Å². The maximum Gasteiger partial charge on any atom is 0.394 e. The largest absolute Gasteiger partial charge is 0.394 e. The molecule has 124 valence electrons. The maximum absolute atomic E-state index is 8.74. The molecule has 0 aliphatic rings. The van der Waals surface area contributed by atoms with Gasteiger partial charge in [0.1, 0.15) is 0 Å². The summed E-state index contributed by atoms with van der Waals surface area (Å²) in [6, 6.07) is 0.454. The number of hydrogen-bond donors (Lipinski definition) is 4. The van der Waals surface area contributed by atoms with Gasteiger partial charge >= 0.3 is 10.4 Å². The van der Waals surface area contributed by atoms with Crippen LogP contribution >= 0.6 is 0 Å². The van der Waals surface area contributed by atoms with E-state index < -0.39 is 10.4 Å². The van der Waals surface area contributed by atoms with Crippen molar-refractivity contribution in [3.05, 3.63) is 50.6 Å². The van der Waals surface area contributed by atoms with Crippen molar-refractivity contribution >= 4 is 10.4 Å². The molecule has 0 saturated carbocycles. The molecular formula is C14H28N2O4S. The van der Waals surface area contributed by atoms with Gasteiger partial charge in [0.2, 0.25) is 0 Å². The number of nitrogens with two attached hydrogens (primary N) is 2. The van der Waals surface area contributed by atoms with Crippen LogP contribution in [0, 0.1) is 0 Å². The van der Waals surface area contributed by atoms with Crippen molar-refractivity contribution in [1.82, 2.24) is 0 Å². The molecule has 0 aromatic rings. The topological polar surface area (TPSA) is 127 Å². The highest BCUT2D eigenvalue weighted by Crippen LogP contribution is 1.94. The summed E-state index contributed by atoms with van der Waals surface area (Å²) >= 11 is 0. The summed E-state index contributed by atoms with van der Waals surface area (Å²) in [7, 11) is -4.67. The average Bonchev–Trinajstić information content (AvgIpc) is 2.29. The van der Waals surface area contributed by atoms with Crippen LogP contribution in [0.2, 0.25) is 0 Å². The lowest BCUT2D eigenvalue weighted by molar-refractivity contribution is 0.381. The van der Waals surface area contributed by atoms with E-state index in [9.17, 15) is 0 Å². The Hall–Kier alpha value is -1.25. The van der Waals surface area contributed by atoms with E-state index in [1.807, 2.05) is 24.3 Å². The van der Waals surface area contributed by atoms with Gasteiger partial charge in [-0.15, -0.1) is 26.3 Å². The van der Waals surface area contributed by atoms with Crippen molar-refractivity contribution in [3.8, 4) is 0 Å². The minimum absolute atomic E-state index is 0.227. The third-order valence-electron chi connectivity index (χ3n) is 1.88. The molecule has 0 fully saturated rings. The first-order valence-electron chi connectivity index (χ1n) is 6.26. The molecule has 6 nitrogen and oxygen atoms in total. The summed E-state index contributed by atoms with van der Waals surface area (Å²) in [4.78, 5) is 0. The van der Waals surface area contributed by atoms with E-state index >= 15 is 0 Å². The zero-order valence-electron chi connectivity index (χ0n) is 12.4. The fraction of sp³-hybridized carbons (Fsp3) is 0.429. The second kappa shape index (κ2) is 16.8. The molecule has 0 atom stereocenters. The van der Waals surface area contributed by atoms with Gasteiger partial charge in [-0.25, -0.2) is 0 Å². The zero-order valence-corrected chi connectivity index (χ0v) is 13.2. The minimum atomic E-state index is -4.67. The van der Waals surface area contributed by atoms with Crippen LogP contribution in [0.4, 0.5) is 0 Å². The van der Waals surface area contributed by atoms with Crippen molar-refractivity contribution in [2.75, 3.05) is 0 Å². The molecule has 6 N–H and O–H groups in total. The summed E-state index contributed by atoms with van der Waals surface area (Å²) in [5, 5.41) is 0. The fourth-order valence-corrected chi connectivity index (χ4v) is 1.05. The van der Waals surface area contributed by atoms with Gasteiger partial charge in [0.05, 0.1) is 0 Å². The van der Waals surface area contributed by atoms with Crippen LogP contribution < -0.4 is 11.5 Å². The molecule has 0 radical (unpaired) electrons. The zero-order chi connectivity index (χ0) is 17.3. The Labute approximate surface area is 128 Å². The summed E-state index contributed by atoms with van der Waals surface area (Å²) in [5.74, 6) is 0. The van der Waals surface area contributed by atoms with E-state index in [-0.39, 0.29) is 12.1 Å². The third kappa shape index (κ3) is 45.5. The summed E-state index contributed by atoms with van der Waals surface area (Å²) in [5.41, 5.74) is 11.1. The highest BCUT2D eigenvalue weighted by Gasteiger charge is 1.93. The fourth-order valence-electron chi connectivity index (χ4n) is 1.05. The van der Waals surface area contributed by atoms with Gasteiger partial charge in [0, 0.05) is 12.1 Å². The third-order valence-corrected chi connectivity index (χ3v) is 1.88. The lowest BCUT2D eigenvalue weighted by Gasteiger charge is -2.01. The lowest BCUT2D eigenvalue weighted by Crippen LogP contribution is -2.17. The Bertz CT molecular complexity index is 330. The predicted molar refractivity (Wildman–Crippen MR) is 89.4 cm³/mol. The second-order valence-corrected chi connectivity index (χ2v) is 4.96. The van der Waals surface area contributed by atoms with Crippen LogP contribution in [0.25, 0.3) is 0 Å². The Balaban J connectivity index is -0.000000239. The molecule has 0 saturated heterocycles. The number of rotatable bonds is 8. The standard InChI is InChI=1S/2C7H13N.H2O4S/c2*1-3-5-7(8)6-4-2;1-5(2,3)4/h2*3-4,7H,1-2,5-6,8H2;(H2,1,2,3,4). The Morgan fingerprint density at radius 1 is 0.762 bits per heavy atom. The molecule has 0 unspecified atom stereocenters. The van der Waals surface area contributed by atoms with Crippen LogP contribution in [0.1, 0.15) is 25.7 Å². The van der Waals surface area contributed by atoms with Crippen molar-refractivity contribution in [3.63, 3.8) is 0 Å². The predicted octanol–water partition coefficient (Wildman–Crippen LogP) is 2.28. The van der Waals surface area contributed by atoms with Crippen molar-refractivity contribution in [2.24, 2.45) is 11.5 Å². The normalized spacial score (nSPS) is 9.81. The summed E-state index contributed by atoms with van der Waals surface area (Å²) in [6.07, 6.45) is 10.8. The first-order valence-corrected chi connectivity index (χ1v) is 7.66. The molecule has 0 spiro atoms. The van der Waals surface area contributed by atoms with Gasteiger partial charge in [0.15, 0.2) is 0 Å². The minimum Gasteiger partial charge on any atom is -0.327 e. The first kappa shape index (κ1) is 24.7. The van der Waals surface area contributed by atoms with Crippen LogP contribution in [-0.4, -0.2) is 29.6 Å². The van der Waals surface area contributed by atoms with Crippen LogP contribution in [0.15, 0.2) is 50.6 Å². The molecule has 0 aromatic heterocycles. The van der Waals surface area contributed by atoms with Gasteiger partial charge in [-0.3, -0.25) is 9.11 Å². The highest BCUT2D eigenvalue weighted by molar-refractivity contribution is 7.79. The molecule has 0 aromatic carbocycles. The molecule has 21 heavy (non-hydrogen) atoms. The van der Waals surface area contributed by atoms with E-state index in [1.165, 1.54) is 0 Å². The molecule has 7 heteroatoms. The first-order chi connectivity index (χ1) is 9.62. The number of hydrogen-bond acceptors (Lipinski definition) is 4. The Morgan fingerprint density at radius 3 is 1.00 bits per heavy atom. The Kier molecular flexibility index (Phi) is 19.8. The maximum atomic E-state index is 8.74. The summed E-state index contributed by atoms with van der Waals surface area (Å²) < 4.78 is 31.6. The van der Waals surface area contributed by atoms with E-state index in [4.69, 9.17) is 29.0 Å². The van der Waals surface area contributed by atoms with Crippen molar-refractivity contribution in [1.29, 1.82) is 0 Å². The van der Waals surface area contributed by atoms with Gasteiger partial charge < -0.3 is 11.5 Å². The van der Waals surface area contributed by atoms with Gasteiger partial charge in [-0.2, -0.15) is 8.42 Å². The molecule has 0 amide bonds. The highest BCUT2D eigenvalue weighted by atomic mass is 32.3. The van der Waals surface area contributed by atoms with Crippen LogP contribution in [0.5, 0.6) is 0 Å². The van der Waals surface area contributed by atoms with E-state index in [1.54, 1.807) is 0 Å². The Morgan fingerprint density at radius 2 is 0.905 bits per heavy atom. The smallest absolute Gasteiger partial charge is 0.327 e. The quantitative estimate of drug-likeness (QED) is 0.401. The molecule has 0 bridgehead atoms. The molecule has 0 aliphatic heterocycles. The summed E-state index contributed by atoms with van der Waals surface area (Å²) in [6.45, 7) is 14.3. The molecular weight excluding hydrogens is 292 g/mol. The van der Waals surface area contributed by atoms with Gasteiger partial charge in [0.25, 0.3) is 0 Å². The molecule has 0 aliphatic carbocycles. The lowest BCUT2D eigenvalue weighted by atomic mass is 10.1. The van der Waals surface area contributed by atoms with Crippen LogP contribution in [0.3, 0.4) is 0 Å². The van der Waals surface area contributed by atoms with Crippen LogP contribution in [-0.2, 0) is 10.4 Å². The van der Waals surface area contributed by atoms with Gasteiger partial charge in [-0.05, 0) is 25.7 Å². The monoisotopic (exact) mass is 320 g/mol. The van der Waals surface area contributed by atoms with Crippen molar-refractivity contribution in [2.45, 2.75) is 37.8 Å².